The first kappa shape index (κ1) is 15.7. The molecule has 2 amide bonds. The molecule has 0 saturated carbocycles. The quantitative estimate of drug-likeness (QED) is 0.788. The van der Waals surface area contributed by atoms with Crippen LogP contribution in [0.1, 0.15) is 30.6 Å². The average Bonchev–Trinajstić information content (AvgIpc) is 2.33. The van der Waals surface area contributed by atoms with E-state index in [-0.39, 0.29) is 11.8 Å². The third kappa shape index (κ3) is 6.38. The van der Waals surface area contributed by atoms with E-state index >= 15 is 0 Å². The topological polar surface area (TPSA) is 58.2 Å². The number of hydrogen-bond donors (Lipinski definition) is 2. The van der Waals surface area contributed by atoms with Crippen LogP contribution in [0.2, 0.25) is 0 Å². The number of halogens is 1. The summed E-state index contributed by atoms with van der Waals surface area (Å²) in [6.07, 6.45) is 0.513. The van der Waals surface area contributed by atoms with Crippen molar-refractivity contribution >= 4 is 27.7 Å². The Balaban J connectivity index is 2.26. The predicted molar refractivity (Wildman–Crippen MR) is 78.9 cm³/mol. The molecule has 0 aliphatic heterocycles. The Bertz CT molecular complexity index is 447. The van der Waals surface area contributed by atoms with Crippen LogP contribution in [-0.2, 0) is 4.79 Å². The maximum atomic E-state index is 11.8. The molecule has 1 aromatic rings. The first-order valence-corrected chi connectivity index (χ1v) is 7.09. The summed E-state index contributed by atoms with van der Waals surface area (Å²) < 4.78 is 0.866. The van der Waals surface area contributed by atoms with Crippen LogP contribution >= 0.6 is 15.9 Å². The second-order valence-corrected chi connectivity index (χ2v) is 5.63. The highest BCUT2D eigenvalue weighted by Gasteiger charge is 2.06. The van der Waals surface area contributed by atoms with Crippen molar-refractivity contribution in [2.24, 2.45) is 5.92 Å². The summed E-state index contributed by atoms with van der Waals surface area (Å²) in [4.78, 5) is 23.2. The van der Waals surface area contributed by atoms with E-state index in [2.05, 4.69) is 26.6 Å². The number of rotatable bonds is 6. The first-order chi connectivity index (χ1) is 8.99. The maximum absolute atomic E-state index is 11.8. The van der Waals surface area contributed by atoms with Crippen LogP contribution in [0.15, 0.2) is 28.7 Å². The molecule has 0 aliphatic rings. The van der Waals surface area contributed by atoms with E-state index in [1.165, 1.54) is 0 Å². The molecule has 104 valence electrons. The minimum absolute atomic E-state index is 0.0201. The molecule has 0 saturated heterocycles. The molecule has 2 N–H and O–H groups in total. The summed E-state index contributed by atoms with van der Waals surface area (Å²) in [5.41, 5.74) is 0.600. The van der Waals surface area contributed by atoms with E-state index in [1.54, 1.807) is 12.1 Å². The lowest BCUT2D eigenvalue weighted by molar-refractivity contribution is -0.121. The minimum atomic E-state index is -0.139. The molecule has 0 radical (unpaired) electrons. The molecule has 0 fully saturated rings. The smallest absolute Gasteiger partial charge is 0.251 e. The Hall–Kier alpha value is -1.36. The standard InChI is InChI=1S/C14H19BrN2O2/c1-10(2)8-13(18)16-6-7-17-14(19)11-4-3-5-12(15)9-11/h3-5,9-10H,6-8H2,1-2H3,(H,16,18)(H,17,19). The highest BCUT2D eigenvalue weighted by molar-refractivity contribution is 9.10. The van der Waals surface area contributed by atoms with Crippen LogP contribution in [0, 0.1) is 5.92 Å². The number of amides is 2. The number of hydrogen-bond acceptors (Lipinski definition) is 2. The van der Waals surface area contributed by atoms with E-state index in [4.69, 9.17) is 0 Å². The van der Waals surface area contributed by atoms with Gasteiger partial charge in [-0.25, -0.2) is 0 Å². The van der Waals surface area contributed by atoms with Gasteiger partial charge in [-0.15, -0.1) is 0 Å². The largest absolute Gasteiger partial charge is 0.354 e. The van der Waals surface area contributed by atoms with Gasteiger partial charge in [0.15, 0.2) is 0 Å². The van der Waals surface area contributed by atoms with Crippen molar-refractivity contribution in [1.29, 1.82) is 0 Å². The zero-order chi connectivity index (χ0) is 14.3. The number of nitrogens with one attached hydrogen (secondary N) is 2. The van der Waals surface area contributed by atoms with Crippen LogP contribution in [0.4, 0.5) is 0 Å². The fourth-order valence-corrected chi connectivity index (χ4v) is 1.95. The van der Waals surface area contributed by atoms with Gasteiger partial charge in [0.1, 0.15) is 0 Å². The predicted octanol–water partition coefficient (Wildman–Crippen LogP) is 2.34. The van der Waals surface area contributed by atoms with Crippen molar-refractivity contribution in [2.45, 2.75) is 20.3 Å². The van der Waals surface area contributed by atoms with Gasteiger partial charge in [0.2, 0.25) is 5.91 Å². The Kier molecular flexibility index (Phi) is 6.56. The van der Waals surface area contributed by atoms with Crippen molar-refractivity contribution in [3.63, 3.8) is 0 Å². The lowest BCUT2D eigenvalue weighted by Gasteiger charge is -2.08. The molecule has 0 heterocycles. The van der Waals surface area contributed by atoms with E-state index in [1.807, 2.05) is 26.0 Å². The molecule has 5 heteroatoms. The van der Waals surface area contributed by atoms with Crippen molar-refractivity contribution in [3.05, 3.63) is 34.3 Å². The Morgan fingerprint density at radius 1 is 1.21 bits per heavy atom. The number of benzene rings is 1. The summed E-state index contributed by atoms with van der Waals surface area (Å²) in [7, 11) is 0. The summed E-state index contributed by atoms with van der Waals surface area (Å²) >= 11 is 3.32. The van der Waals surface area contributed by atoms with Gasteiger partial charge in [-0.05, 0) is 24.1 Å². The second kappa shape index (κ2) is 7.94. The molecule has 0 atom stereocenters. The SMILES string of the molecule is CC(C)CC(=O)NCCNC(=O)c1cccc(Br)c1. The average molecular weight is 327 g/mol. The van der Waals surface area contributed by atoms with Gasteiger partial charge >= 0.3 is 0 Å². The van der Waals surface area contributed by atoms with Gasteiger partial charge in [0.05, 0.1) is 0 Å². The third-order valence-electron chi connectivity index (χ3n) is 2.41. The molecule has 0 aliphatic carbocycles. The van der Waals surface area contributed by atoms with Crippen molar-refractivity contribution in [1.82, 2.24) is 10.6 Å². The molecule has 1 aromatic carbocycles. The second-order valence-electron chi connectivity index (χ2n) is 4.71. The van der Waals surface area contributed by atoms with Crippen LogP contribution in [0.5, 0.6) is 0 Å². The van der Waals surface area contributed by atoms with Crippen LogP contribution in [-0.4, -0.2) is 24.9 Å². The summed E-state index contributed by atoms with van der Waals surface area (Å²) in [5, 5.41) is 5.53. The monoisotopic (exact) mass is 326 g/mol. The summed E-state index contributed by atoms with van der Waals surface area (Å²) in [6.45, 7) is 4.86. The maximum Gasteiger partial charge on any atom is 0.251 e. The first-order valence-electron chi connectivity index (χ1n) is 6.29. The number of carbonyl (C=O) groups is 2. The summed E-state index contributed by atoms with van der Waals surface area (Å²) in [6, 6.07) is 7.18. The highest BCUT2D eigenvalue weighted by atomic mass is 79.9. The molecule has 0 spiro atoms. The Morgan fingerprint density at radius 3 is 2.53 bits per heavy atom. The fraction of sp³-hybridized carbons (Fsp3) is 0.429. The molecule has 19 heavy (non-hydrogen) atoms. The van der Waals surface area contributed by atoms with E-state index in [0.29, 0.717) is 31.0 Å². The van der Waals surface area contributed by atoms with Gasteiger partial charge in [0.25, 0.3) is 5.91 Å². The lowest BCUT2D eigenvalue weighted by Crippen LogP contribution is -2.35. The van der Waals surface area contributed by atoms with E-state index in [0.717, 1.165) is 4.47 Å². The van der Waals surface area contributed by atoms with Crippen LogP contribution < -0.4 is 10.6 Å². The van der Waals surface area contributed by atoms with Crippen LogP contribution in [0.25, 0.3) is 0 Å². The van der Waals surface area contributed by atoms with Crippen molar-refractivity contribution in [2.75, 3.05) is 13.1 Å². The Labute approximate surface area is 122 Å². The van der Waals surface area contributed by atoms with E-state index in [9.17, 15) is 9.59 Å². The van der Waals surface area contributed by atoms with Gasteiger partial charge < -0.3 is 10.6 Å². The van der Waals surface area contributed by atoms with Gasteiger partial charge in [0, 0.05) is 29.5 Å². The Morgan fingerprint density at radius 2 is 1.89 bits per heavy atom. The van der Waals surface area contributed by atoms with Crippen molar-refractivity contribution in [3.8, 4) is 0 Å². The highest BCUT2D eigenvalue weighted by Crippen LogP contribution is 2.11. The van der Waals surface area contributed by atoms with Gasteiger partial charge in [-0.3, -0.25) is 9.59 Å². The minimum Gasteiger partial charge on any atom is -0.354 e. The number of carbonyl (C=O) groups excluding carboxylic acids is 2. The zero-order valence-corrected chi connectivity index (χ0v) is 12.8. The van der Waals surface area contributed by atoms with E-state index < -0.39 is 0 Å². The van der Waals surface area contributed by atoms with Crippen LogP contribution in [0.3, 0.4) is 0 Å². The lowest BCUT2D eigenvalue weighted by atomic mass is 10.1. The molecule has 0 aromatic heterocycles. The van der Waals surface area contributed by atoms with Gasteiger partial charge in [-0.2, -0.15) is 0 Å². The summed E-state index contributed by atoms with van der Waals surface area (Å²) in [5.74, 6) is 0.224. The molecular weight excluding hydrogens is 308 g/mol. The molecule has 1 rings (SSSR count). The van der Waals surface area contributed by atoms with Gasteiger partial charge in [-0.1, -0.05) is 35.8 Å². The molecule has 0 bridgehead atoms. The molecule has 4 nitrogen and oxygen atoms in total. The van der Waals surface area contributed by atoms with Crippen molar-refractivity contribution < 1.29 is 9.59 Å². The fourth-order valence-electron chi connectivity index (χ4n) is 1.55. The normalized spacial score (nSPS) is 10.3. The zero-order valence-electron chi connectivity index (χ0n) is 11.2. The third-order valence-corrected chi connectivity index (χ3v) is 2.91. The molecule has 0 unspecified atom stereocenters. The molecular formula is C14H19BrN2O2.